The molecule has 0 spiro atoms. The smallest absolute Gasteiger partial charge is 0.0159 e. The third-order valence-electron chi connectivity index (χ3n) is 10.8. The van der Waals surface area contributed by atoms with Gasteiger partial charge in [0.1, 0.15) is 0 Å². The van der Waals surface area contributed by atoms with Crippen LogP contribution in [-0.2, 0) is 5.41 Å². The number of benzene rings is 9. The largest absolute Gasteiger partial charge is 0.0619 e. The first-order chi connectivity index (χ1) is 23.1. The molecule has 0 aliphatic heterocycles. The Morgan fingerprint density at radius 2 is 0.830 bits per heavy atom. The summed E-state index contributed by atoms with van der Waals surface area (Å²) in [6, 6.07) is 59.0. The number of hydrogen-bond acceptors (Lipinski definition) is 0. The van der Waals surface area contributed by atoms with Crippen molar-refractivity contribution in [2.45, 2.75) is 19.3 Å². The van der Waals surface area contributed by atoms with Gasteiger partial charge in [0.25, 0.3) is 0 Å². The van der Waals surface area contributed by atoms with Gasteiger partial charge in [-0.3, -0.25) is 0 Å². The Morgan fingerprint density at radius 1 is 0.319 bits per heavy atom. The fourth-order valence-corrected chi connectivity index (χ4v) is 8.48. The molecule has 0 saturated heterocycles. The summed E-state index contributed by atoms with van der Waals surface area (Å²) in [5.74, 6) is 0. The molecule has 1 aliphatic rings. The second-order valence-electron chi connectivity index (χ2n) is 13.7. The van der Waals surface area contributed by atoms with Crippen LogP contribution < -0.4 is 0 Å². The summed E-state index contributed by atoms with van der Waals surface area (Å²) in [4.78, 5) is 0. The fraction of sp³-hybridized carbons (Fsp3) is 0.0638. The quantitative estimate of drug-likeness (QED) is 0.174. The Bertz CT molecular complexity index is 2760. The van der Waals surface area contributed by atoms with Crippen molar-refractivity contribution in [3.05, 3.63) is 169 Å². The first kappa shape index (κ1) is 26.5. The highest BCUT2D eigenvalue weighted by Gasteiger charge is 2.35. The summed E-state index contributed by atoms with van der Waals surface area (Å²) in [5, 5.41) is 13.0. The molecular formula is C47H32. The first-order valence-corrected chi connectivity index (χ1v) is 16.6. The topological polar surface area (TPSA) is 0 Å². The summed E-state index contributed by atoms with van der Waals surface area (Å²) >= 11 is 0. The van der Waals surface area contributed by atoms with E-state index in [2.05, 4.69) is 172 Å². The SMILES string of the molecule is CC1(C)c2ccccc2-c2ccc(-c3ccc4ccc(-c5cc6c7ccccc7c7ccccc7c6c6ccccc56)cc4c3)cc21. The van der Waals surface area contributed by atoms with E-state index in [-0.39, 0.29) is 5.41 Å². The van der Waals surface area contributed by atoms with Gasteiger partial charge in [-0.25, -0.2) is 0 Å². The zero-order valence-corrected chi connectivity index (χ0v) is 26.5. The van der Waals surface area contributed by atoms with Crippen molar-refractivity contribution in [1.82, 2.24) is 0 Å². The highest BCUT2D eigenvalue weighted by Crippen LogP contribution is 2.50. The van der Waals surface area contributed by atoms with Crippen molar-refractivity contribution in [3.63, 3.8) is 0 Å². The van der Waals surface area contributed by atoms with Crippen molar-refractivity contribution in [2.24, 2.45) is 0 Å². The average molecular weight is 597 g/mol. The van der Waals surface area contributed by atoms with Crippen molar-refractivity contribution < 1.29 is 0 Å². The Kier molecular flexibility index (Phi) is 5.44. The van der Waals surface area contributed by atoms with Crippen molar-refractivity contribution >= 4 is 53.9 Å². The Labute approximate surface area is 274 Å². The normalized spacial score (nSPS) is 13.5. The van der Waals surface area contributed by atoms with E-state index >= 15 is 0 Å². The van der Waals surface area contributed by atoms with E-state index in [4.69, 9.17) is 0 Å². The minimum absolute atomic E-state index is 0.0153. The van der Waals surface area contributed by atoms with Crippen molar-refractivity contribution in [2.75, 3.05) is 0 Å². The van der Waals surface area contributed by atoms with Crippen LogP contribution in [0.2, 0.25) is 0 Å². The summed E-state index contributed by atoms with van der Waals surface area (Å²) in [6.07, 6.45) is 0. The van der Waals surface area contributed by atoms with Crippen LogP contribution in [0.15, 0.2) is 158 Å². The average Bonchev–Trinajstić information content (AvgIpc) is 3.36. The van der Waals surface area contributed by atoms with Gasteiger partial charge in [-0.1, -0.05) is 147 Å². The van der Waals surface area contributed by atoms with Gasteiger partial charge in [-0.15, -0.1) is 0 Å². The molecule has 0 aromatic heterocycles. The molecule has 47 heavy (non-hydrogen) atoms. The summed E-state index contributed by atoms with van der Waals surface area (Å²) in [5.41, 5.74) is 10.6. The summed E-state index contributed by atoms with van der Waals surface area (Å²) in [6.45, 7) is 4.71. The lowest BCUT2D eigenvalue weighted by Crippen LogP contribution is -2.14. The molecule has 9 aromatic carbocycles. The molecule has 1 aliphatic carbocycles. The van der Waals surface area contributed by atoms with Gasteiger partial charge in [0.2, 0.25) is 0 Å². The van der Waals surface area contributed by atoms with Gasteiger partial charge >= 0.3 is 0 Å². The molecular weight excluding hydrogens is 565 g/mol. The zero-order chi connectivity index (χ0) is 31.3. The number of rotatable bonds is 2. The second-order valence-corrected chi connectivity index (χ2v) is 13.7. The summed E-state index contributed by atoms with van der Waals surface area (Å²) in [7, 11) is 0. The van der Waals surface area contributed by atoms with Crippen LogP contribution in [0.3, 0.4) is 0 Å². The zero-order valence-electron chi connectivity index (χ0n) is 26.5. The lowest BCUT2D eigenvalue weighted by Gasteiger charge is -2.22. The first-order valence-electron chi connectivity index (χ1n) is 16.6. The van der Waals surface area contributed by atoms with Gasteiger partial charge in [-0.05, 0) is 123 Å². The Hall–Kier alpha value is -5.72. The van der Waals surface area contributed by atoms with E-state index < -0.39 is 0 Å². The molecule has 10 rings (SSSR count). The van der Waals surface area contributed by atoms with E-state index in [1.165, 1.54) is 98.4 Å². The van der Waals surface area contributed by atoms with Crippen LogP contribution in [0.1, 0.15) is 25.0 Å². The highest BCUT2D eigenvalue weighted by atomic mass is 14.4. The lowest BCUT2D eigenvalue weighted by molar-refractivity contribution is 0.660. The van der Waals surface area contributed by atoms with E-state index in [1.54, 1.807) is 0 Å². The molecule has 0 N–H and O–H groups in total. The molecule has 0 radical (unpaired) electrons. The number of fused-ring (bicyclic) bond motifs is 12. The molecule has 0 fully saturated rings. The van der Waals surface area contributed by atoms with E-state index in [1.807, 2.05) is 0 Å². The van der Waals surface area contributed by atoms with Crippen LogP contribution in [0.5, 0.6) is 0 Å². The van der Waals surface area contributed by atoms with Gasteiger partial charge in [0.15, 0.2) is 0 Å². The predicted octanol–water partition coefficient (Wildman–Crippen LogP) is 13.1. The molecule has 0 heteroatoms. The van der Waals surface area contributed by atoms with E-state index in [9.17, 15) is 0 Å². The fourth-order valence-electron chi connectivity index (χ4n) is 8.48. The Balaban J connectivity index is 1.17. The highest BCUT2D eigenvalue weighted by molar-refractivity contribution is 6.33. The summed E-state index contributed by atoms with van der Waals surface area (Å²) < 4.78 is 0. The van der Waals surface area contributed by atoms with Crippen LogP contribution in [0.4, 0.5) is 0 Å². The molecule has 220 valence electrons. The molecule has 0 bridgehead atoms. The van der Waals surface area contributed by atoms with Crippen LogP contribution in [-0.4, -0.2) is 0 Å². The second kappa shape index (κ2) is 9.64. The molecule has 0 nitrogen and oxygen atoms in total. The molecule has 0 atom stereocenters. The minimum atomic E-state index is -0.0153. The van der Waals surface area contributed by atoms with Gasteiger partial charge in [-0.2, -0.15) is 0 Å². The predicted molar refractivity (Wildman–Crippen MR) is 202 cm³/mol. The van der Waals surface area contributed by atoms with Gasteiger partial charge in [0, 0.05) is 5.41 Å². The monoisotopic (exact) mass is 596 g/mol. The van der Waals surface area contributed by atoms with Crippen LogP contribution in [0.25, 0.3) is 87.2 Å². The van der Waals surface area contributed by atoms with Gasteiger partial charge in [0.05, 0.1) is 0 Å². The lowest BCUT2D eigenvalue weighted by atomic mass is 9.81. The van der Waals surface area contributed by atoms with E-state index in [0.29, 0.717) is 0 Å². The van der Waals surface area contributed by atoms with Crippen molar-refractivity contribution in [3.8, 4) is 33.4 Å². The third-order valence-corrected chi connectivity index (χ3v) is 10.8. The maximum Gasteiger partial charge on any atom is 0.0159 e. The molecule has 0 amide bonds. The number of hydrogen-bond donors (Lipinski definition) is 0. The Morgan fingerprint density at radius 3 is 1.60 bits per heavy atom. The molecule has 0 heterocycles. The maximum absolute atomic E-state index is 2.44. The van der Waals surface area contributed by atoms with Crippen molar-refractivity contribution in [1.29, 1.82) is 0 Å². The minimum Gasteiger partial charge on any atom is -0.0619 e. The molecule has 9 aromatic rings. The molecule has 0 unspecified atom stereocenters. The van der Waals surface area contributed by atoms with E-state index in [0.717, 1.165) is 0 Å². The molecule has 0 saturated carbocycles. The van der Waals surface area contributed by atoms with Crippen LogP contribution in [0, 0.1) is 0 Å². The van der Waals surface area contributed by atoms with Gasteiger partial charge < -0.3 is 0 Å². The maximum atomic E-state index is 2.44. The van der Waals surface area contributed by atoms with Crippen LogP contribution >= 0.6 is 0 Å². The third kappa shape index (κ3) is 3.76. The standard InChI is InChI=1S/C47H32/c1-47(2)44-18-10-9-15-38(44)39-24-23-31(27-45(39)47)30-21-19-29-20-22-32(26-33(29)25-30)42-28-43-36-13-4-3-11-34(36)35-12-5-7-16-40(35)46(43)41-17-8-6-14-37(41)42/h3-28H,1-2H3.